The fraction of sp³-hybridized carbons (Fsp3) is 0.0526. The van der Waals surface area contributed by atoms with Crippen molar-refractivity contribution in [2.45, 2.75) is 6.42 Å². The zero-order chi connectivity index (χ0) is 14.7. The number of fused-ring (bicyclic) bond motifs is 2. The first-order chi connectivity index (χ1) is 10.3. The van der Waals surface area contributed by atoms with Crippen LogP contribution in [-0.2, 0) is 11.2 Å². The van der Waals surface area contributed by atoms with E-state index in [-0.39, 0.29) is 18.0 Å². The maximum atomic E-state index is 11.0. The summed E-state index contributed by atoms with van der Waals surface area (Å²) in [6.45, 7) is 0. The van der Waals surface area contributed by atoms with Crippen LogP contribution >= 0.6 is 0 Å². The van der Waals surface area contributed by atoms with Crippen molar-refractivity contribution in [1.82, 2.24) is 0 Å². The molecule has 3 aromatic rings. The van der Waals surface area contributed by atoms with E-state index >= 15 is 0 Å². The molecule has 2 heteroatoms. The van der Waals surface area contributed by atoms with Gasteiger partial charge in [0.2, 0.25) is 11.6 Å². The molecule has 0 atom stereocenters. The minimum Gasteiger partial charge on any atom is -0.290 e. The largest absolute Gasteiger partial charge is 0.290 e. The number of benzene rings is 3. The Morgan fingerprint density at radius 3 is 1.62 bits per heavy atom. The van der Waals surface area contributed by atoms with E-state index in [1.54, 1.807) is 12.1 Å². The summed E-state index contributed by atoms with van der Waals surface area (Å²) in [5.74, 6) is -0.619. The summed E-state index contributed by atoms with van der Waals surface area (Å²) in [5, 5.41) is 2.62. The third kappa shape index (κ3) is 2.75. The van der Waals surface area contributed by atoms with Crippen molar-refractivity contribution in [2.24, 2.45) is 0 Å². The fourth-order valence-electron chi connectivity index (χ4n) is 2.43. The standard InChI is InChI=1S/C10H8.C9H6O2/c1-2-6-10-8-4-3-7-9(10)5-1;10-8-5-6-3-1-2-4-7(6)9(8)11/h1-8H;1-4H,5H2. The third-order valence-corrected chi connectivity index (χ3v) is 3.52. The van der Waals surface area contributed by atoms with E-state index < -0.39 is 0 Å². The number of hydrogen-bond donors (Lipinski definition) is 0. The van der Waals surface area contributed by atoms with Crippen LogP contribution < -0.4 is 0 Å². The molecule has 0 N–H and O–H groups in total. The first-order valence-electron chi connectivity index (χ1n) is 6.85. The Balaban J connectivity index is 0.000000126. The third-order valence-electron chi connectivity index (χ3n) is 3.52. The molecule has 0 aliphatic heterocycles. The average molecular weight is 274 g/mol. The number of hydrogen-bond acceptors (Lipinski definition) is 2. The van der Waals surface area contributed by atoms with Gasteiger partial charge in [0.1, 0.15) is 0 Å². The molecular formula is C19H14O2. The molecule has 0 aromatic heterocycles. The lowest BCUT2D eigenvalue weighted by atomic mass is 10.1. The maximum absolute atomic E-state index is 11.0. The normalized spacial score (nSPS) is 12.8. The van der Waals surface area contributed by atoms with Crippen molar-refractivity contribution in [3.63, 3.8) is 0 Å². The van der Waals surface area contributed by atoms with Crippen molar-refractivity contribution in [2.75, 3.05) is 0 Å². The Morgan fingerprint density at radius 2 is 1.10 bits per heavy atom. The molecule has 0 saturated carbocycles. The molecule has 3 aromatic carbocycles. The molecule has 1 aliphatic carbocycles. The molecule has 2 nitrogen and oxygen atoms in total. The van der Waals surface area contributed by atoms with Crippen LogP contribution in [0, 0.1) is 0 Å². The minimum atomic E-state index is -0.333. The Hall–Kier alpha value is -2.74. The summed E-state index contributed by atoms with van der Waals surface area (Å²) >= 11 is 0. The summed E-state index contributed by atoms with van der Waals surface area (Å²) in [7, 11) is 0. The average Bonchev–Trinajstić information content (AvgIpc) is 2.83. The smallest absolute Gasteiger partial charge is 0.229 e. The van der Waals surface area contributed by atoms with Crippen LogP contribution in [0.2, 0.25) is 0 Å². The quantitative estimate of drug-likeness (QED) is 0.584. The van der Waals surface area contributed by atoms with Gasteiger partial charge in [0.05, 0.1) is 0 Å². The van der Waals surface area contributed by atoms with E-state index in [2.05, 4.69) is 48.5 Å². The number of Topliss-reactive ketones (excluding diaryl/α,β-unsaturated/α-hetero) is 2. The van der Waals surface area contributed by atoms with Gasteiger partial charge in [-0.25, -0.2) is 0 Å². The number of carbonyl (C=O) groups excluding carboxylic acids is 2. The van der Waals surface area contributed by atoms with Gasteiger partial charge in [0, 0.05) is 12.0 Å². The zero-order valence-electron chi connectivity index (χ0n) is 11.5. The maximum Gasteiger partial charge on any atom is 0.229 e. The zero-order valence-corrected chi connectivity index (χ0v) is 11.5. The van der Waals surface area contributed by atoms with Gasteiger partial charge in [0.15, 0.2) is 0 Å². The highest BCUT2D eigenvalue weighted by Gasteiger charge is 2.26. The van der Waals surface area contributed by atoms with E-state index in [1.807, 2.05) is 12.1 Å². The Bertz CT molecular complexity index is 753. The molecule has 0 amide bonds. The molecule has 21 heavy (non-hydrogen) atoms. The highest BCUT2D eigenvalue weighted by molar-refractivity contribution is 6.47. The molecular weight excluding hydrogens is 260 g/mol. The summed E-state index contributed by atoms with van der Waals surface area (Å²) in [6.07, 6.45) is 0.287. The van der Waals surface area contributed by atoms with Crippen LogP contribution in [0.1, 0.15) is 15.9 Å². The van der Waals surface area contributed by atoms with Crippen molar-refractivity contribution >= 4 is 22.3 Å². The van der Waals surface area contributed by atoms with Gasteiger partial charge in [-0.2, -0.15) is 0 Å². The molecule has 102 valence electrons. The van der Waals surface area contributed by atoms with E-state index in [0.29, 0.717) is 5.56 Å². The van der Waals surface area contributed by atoms with Crippen LogP contribution in [-0.4, -0.2) is 11.6 Å². The van der Waals surface area contributed by atoms with Crippen LogP contribution in [0.15, 0.2) is 72.8 Å². The topological polar surface area (TPSA) is 34.1 Å². The summed E-state index contributed by atoms with van der Waals surface area (Å²) in [6, 6.07) is 23.8. The molecule has 4 rings (SSSR count). The number of ketones is 2. The van der Waals surface area contributed by atoms with Gasteiger partial charge in [-0.15, -0.1) is 0 Å². The summed E-state index contributed by atoms with van der Waals surface area (Å²) < 4.78 is 0. The molecule has 0 radical (unpaired) electrons. The fourth-order valence-corrected chi connectivity index (χ4v) is 2.43. The van der Waals surface area contributed by atoms with Crippen molar-refractivity contribution in [3.8, 4) is 0 Å². The lowest BCUT2D eigenvalue weighted by molar-refractivity contribution is -0.114. The van der Waals surface area contributed by atoms with Crippen molar-refractivity contribution < 1.29 is 9.59 Å². The van der Waals surface area contributed by atoms with Gasteiger partial charge in [0.25, 0.3) is 0 Å². The van der Waals surface area contributed by atoms with Crippen LogP contribution in [0.25, 0.3) is 10.8 Å². The van der Waals surface area contributed by atoms with Gasteiger partial charge >= 0.3 is 0 Å². The minimum absolute atomic E-state index is 0.286. The lowest BCUT2D eigenvalue weighted by Crippen LogP contribution is -2.05. The Labute approximate surface area is 123 Å². The summed E-state index contributed by atoms with van der Waals surface area (Å²) in [5.41, 5.74) is 1.44. The predicted octanol–water partition coefficient (Wildman–Crippen LogP) is 3.83. The predicted molar refractivity (Wildman–Crippen MR) is 83.4 cm³/mol. The van der Waals surface area contributed by atoms with E-state index in [0.717, 1.165) is 5.56 Å². The number of rotatable bonds is 0. The second kappa shape index (κ2) is 5.71. The second-order valence-corrected chi connectivity index (χ2v) is 4.93. The Kier molecular flexibility index (Phi) is 3.61. The van der Waals surface area contributed by atoms with Crippen LogP contribution in [0.3, 0.4) is 0 Å². The highest BCUT2D eigenvalue weighted by atomic mass is 16.2. The summed E-state index contributed by atoms with van der Waals surface area (Å²) in [4.78, 5) is 21.9. The second-order valence-electron chi connectivity index (χ2n) is 4.93. The first-order valence-corrected chi connectivity index (χ1v) is 6.85. The number of carbonyl (C=O) groups is 2. The Morgan fingerprint density at radius 1 is 0.619 bits per heavy atom. The van der Waals surface area contributed by atoms with Gasteiger partial charge in [-0.3, -0.25) is 9.59 Å². The molecule has 1 aliphatic rings. The van der Waals surface area contributed by atoms with Crippen LogP contribution in [0.5, 0.6) is 0 Å². The van der Waals surface area contributed by atoms with Gasteiger partial charge in [-0.1, -0.05) is 72.8 Å². The highest BCUT2D eigenvalue weighted by Crippen LogP contribution is 2.18. The lowest BCUT2D eigenvalue weighted by Gasteiger charge is -1.92. The molecule has 0 spiro atoms. The van der Waals surface area contributed by atoms with E-state index in [4.69, 9.17) is 0 Å². The van der Waals surface area contributed by atoms with Crippen LogP contribution in [0.4, 0.5) is 0 Å². The molecule has 0 heterocycles. The molecule has 0 bridgehead atoms. The van der Waals surface area contributed by atoms with E-state index in [1.165, 1.54) is 10.8 Å². The monoisotopic (exact) mass is 274 g/mol. The van der Waals surface area contributed by atoms with E-state index in [9.17, 15) is 9.59 Å². The molecule has 0 fully saturated rings. The first kappa shape index (κ1) is 13.3. The van der Waals surface area contributed by atoms with Crippen molar-refractivity contribution in [3.05, 3.63) is 83.9 Å². The van der Waals surface area contributed by atoms with Gasteiger partial charge < -0.3 is 0 Å². The SMILES string of the molecule is O=C1Cc2ccccc2C1=O.c1ccc2ccccc2c1. The van der Waals surface area contributed by atoms with Crippen molar-refractivity contribution in [1.29, 1.82) is 0 Å². The van der Waals surface area contributed by atoms with Gasteiger partial charge in [-0.05, 0) is 16.3 Å². The molecule has 0 saturated heterocycles. The molecule has 0 unspecified atom stereocenters.